The molecule has 0 aliphatic heterocycles. The molecule has 0 unspecified atom stereocenters. The summed E-state index contributed by atoms with van der Waals surface area (Å²) < 4.78 is 19.6. The van der Waals surface area contributed by atoms with E-state index in [-0.39, 0.29) is 17.6 Å². The van der Waals surface area contributed by atoms with Crippen molar-refractivity contribution in [3.05, 3.63) is 47.9 Å². The predicted molar refractivity (Wildman–Crippen MR) is 73.2 cm³/mol. The summed E-state index contributed by atoms with van der Waals surface area (Å²) in [5.41, 5.74) is 0.374. The average Bonchev–Trinajstić information content (AvgIpc) is 2.83. The van der Waals surface area contributed by atoms with Crippen molar-refractivity contribution in [3.63, 3.8) is 0 Å². The SMILES string of the molecule is FSn1ccc2c(Oc3ccccc3)nc(Cl)nc21. The molecule has 0 saturated heterocycles. The highest BCUT2D eigenvalue weighted by Gasteiger charge is 2.13. The molecule has 96 valence electrons. The van der Waals surface area contributed by atoms with Gasteiger partial charge in [0.2, 0.25) is 11.2 Å². The van der Waals surface area contributed by atoms with Crippen LogP contribution in [0.15, 0.2) is 42.6 Å². The maximum absolute atomic E-state index is 12.7. The standard InChI is InChI=1S/C12H7ClFN3OS/c13-12-15-10-9(6-7-17(10)19-14)11(16-12)18-8-4-2-1-3-5-8/h1-7H. The molecule has 0 saturated carbocycles. The Bertz CT molecular complexity index is 720. The third kappa shape index (κ3) is 2.36. The Morgan fingerprint density at radius 2 is 1.95 bits per heavy atom. The minimum absolute atomic E-state index is 0.00688. The van der Waals surface area contributed by atoms with Gasteiger partial charge in [0, 0.05) is 6.20 Å². The Balaban J connectivity index is 2.10. The smallest absolute Gasteiger partial charge is 0.233 e. The summed E-state index contributed by atoms with van der Waals surface area (Å²) >= 11 is 5.87. The van der Waals surface area contributed by atoms with Gasteiger partial charge in [0.25, 0.3) is 0 Å². The topological polar surface area (TPSA) is 39.9 Å². The van der Waals surface area contributed by atoms with Gasteiger partial charge in [-0.15, -0.1) is 3.89 Å². The first-order valence-electron chi connectivity index (χ1n) is 5.34. The lowest BCUT2D eigenvalue weighted by Crippen LogP contribution is -1.93. The summed E-state index contributed by atoms with van der Waals surface area (Å²) in [6.07, 6.45) is 1.54. The number of fused-ring (bicyclic) bond motifs is 1. The molecule has 0 fully saturated rings. The van der Waals surface area contributed by atoms with Gasteiger partial charge in [-0.2, -0.15) is 9.97 Å². The number of para-hydroxylation sites is 1. The summed E-state index contributed by atoms with van der Waals surface area (Å²) in [7, 11) is 0. The molecule has 0 aliphatic carbocycles. The minimum Gasteiger partial charge on any atom is -0.438 e. The number of halogens is 2. The summed E-state index contributed by atoms with van der Waals surface area (Å²) in [5, 5.41) is 0.603. The molecule has 19 heavy (non-hydrogen) atoms. The molecule has 4 nitrogen and oxygen atoms in total. The van der Waals surface area contributed by atoms with Gasteiger partial charge < -0.3 is 4.74 Å². The molecular weight excluding hydrogens is 289 g/mol. The van der Waals surface area contributed by atoms with Gasteiger partial charge in [-0.25, -0.2) is 3.97 Å². The first-order valence-corrected chi connectivity index (χ1v) is 6.39. The largest absolute Gasteiger partial charge is 0.438 e. The van der Waals surface area contributed by atoms with Crippen LogP contribution in [0.3, 0.4) is 0 Å². The highest BCUT2D eigenvalue weighted by molar-refractivity contribution is 7.92. The second kappa shape index (κ2) is 5.07. The number of hydrogen-bond donors (Lipinski definition) is 0. The quantitative estimate of drug-likeness (QED) is 0.677. The first-order chi connectivity index (χ1) is 9.28. The van der Waals surface area contributed by atoms with Crippen LogP contribution in [0.25, 0.3) is 11.0 Å². The average molecular weight is 296 g/mol. The van der Waals surface area contributed by atoms with Crippen LogP contribution >= 0.6 is 23.9 Å². The van der Waals surface area contributed by atoms with E-state index in [1.165, 1.54) is 10.2 Å². The van der Waals surface area contributed by atoms with Crippen molar-refractivity contribution in [1.29, 1.82) is 0 Å². The molecule has 1 aromatic carbocycles. The second-order valence-corrected chi connectivity index (χ2v) is 4.53. The lowest BCUT2D eigenvalue weighted by Gasteiger charge is -2.06. The summed E-state index contributed by atoms with van der Waals surface area (Å²) in [6.45, 7) is 0. The van der Waals surface area contributed by atoms with E-state index >= 15 is 0 Å². The minimum atomic E-state index is 0.00688. The van der Waals surface area contributed by atoms with Crippen molar-refractivity contribution >= 4 is 35.0 Å². The Hall–Kier alpha value is -1.79. The number of ether oxygens (including phenoxy) is 1. The Labute approximate surface area is 117 Å². The van der Waals surface area contributed by atoms with Gasteiger partial charge in [-0.1, -0.05) is 18.2 Å². The fourth-order valence-electron chi connectivity index (χ4n) is 1.67. The van der Waals surface area contributed by atoms with Crippen LogP contribution in [-0.2, 0) is 0 Å². The number of nitrogens with zero attached hydrogens (tertiary/aromatic N) is 3. The van der Waals surface area contributed by atoms with Gasteiger partial charge in [-0.05, 0) is 29.8 Å². The zero-order valence-electron chi connectivity index (χ0n) is 9.46. The van der Waals surface area contributed by atoms with E-state index in [0.29, 0.717) is 22.7 Å². The molecule has 0 amide bonds. The van der Waals surface area contributed by atoms with E-state index in [1.54, 1.807) is 18.2 Å². The molecule has 0 spiro atoms. The predicted octanol–water partition coefficient (Wildman–Crippen LogP) is 4.26. The van der Waals surface area contributed by atoms with E-state index in [1.807, 2.05) is 18.2 Å². The van der Waals surface area contributed by atoms with E-state index < -0.39 is 0 Å². The highest BCUT2D eigenvalue weighted by atomic mass is 35.5. The number of benzene rings is 1. The van der Waals surface area contributed by atoms with Crippen molar-refractivity contribution in [1.82, 2.24) is 13.9 Å². The number of hydrogen-bond acceptors (Lipinski definition) is 4. The molecule has 2 heterocycles. The maximum atomic E-state index is 12.7. The van der Waals surface area contributed by atoms with Crippen LogP contribution in [0.4, 0.5) is 3.89 Å². The fraction of sp³-hybridized carbons (Fsp3) is 0. The maximum Gasteiger partial charge on any atom is 0.233 e. The molecule has 0 aliphatic rings. The second-order valence-electron chi connectivity index (χ2n) is 3.66. The Kier molecular flexibility index (Phi) is 3.27. The number of aromatic nitrogens is 3. The zero-order valence-corrected chi connectivity index (χ0v) is 11.0. The van der Waals surface area contributed by atoms with Gasteiger partial charge in [0.15, 0.2) is 18.0 Å². The third-order valence-corrected chi connectivity index (χ3v) is 3.09. The normalized spacial score (nSPS) is 10.8. The fourth-order valence-corrected chi connectivity index (χ4v) is 2.14. The lowest BCUT2D eigenvalue weighted by molar-refractivity contribution is 0.468. The van der Waals surface area contributed by atoms with Crippen molar-refractivity contribution in [2.24, 2.45) is 0 Å². The monoisotopic (exact) mass is 295 g/mol. The summed E-state index contributed by atoms with van der Waals surface area (Å²) in [4.78, 5) is 8.02. The molecule has 3 aromatic rings. The van der Waals surface area contributed by atoms with E-state index in [9.17, 15) is 3.89 Å². The number of rotatable bonds is 3. The zero-order chi connectivity index (χ0) is 13.2. The van der Waals surface area contributed by atoms with Gasteiger partial charge >= 0.3 is 0 Å². The van der Waals surface area contributed by atoms with Crippen LogP contribution in [0.1, 0.15) is 0 Å². The Morgan fingerprint density at radius 1 is 1.16 bits per heavy atom. The summed E-state index contributed by atoms with van der Waals surface area (Å²) in [5.74, 6) is 0.924. The molecule has 0 bridgehead atoms. The summed E-state index contributed by atoms with van der Waals surface area (Å²) in [6, 6.07) is 10.8. The molecule has 3 rings (SSSR count). The third-order valence-electron chi connectivity index (χ3n) is 2.48. The van der Waals surface area contributed by atoms with E-state index in [4.69, 9.17) is 16.3 Å². The first kappa shape index (κ1) is 12.3. The lowest BCUT2D eigenvalue weighted by atomic mass is 10.3. The van der Waals surface area contributed by atoms with Crippen molar-refractivity contribution in [3.8, 4) is 11.6 Å². The van der Waals surface area contributed by atoms with Crippen LogP contribution in [-0.4, -0.2) is 13.9 Å². The molecule has 7 heteroatoms. The van der Waals surface area contributed by atoms with Gasteiger partial charge in [-0.3, -0.25) is 0 Å². The molecule has 0 atom stereocenters. The Morgan fingerprint density at radius 3 is 2.68 bits per heavy atom. The van der Waals surface area contributed by atoms with Crippen LogP contribution in [0, 0.1) is 0 Å². The molecule has 0 radical (unpaired) electrons. The highest BCUT2D eigenvalue weighted by Crippen LogP contribution is 2.30. The van der Waals surface area contributed by atoms with Crippen LogP contribution < -0.4 is 4.74 Å². The van der Waals surface area contributed by atoms with Crippen LogP contribution in [0.5, 0.6) is 11.6 Å². The van der Waals surface area contributed by atoms with E-state index in [2.05, 4.69) is 9.97 Å². The molecular formula is C12H7ClFN3OS. The molecule has 2 aromatic heterocycles. The van der Waals surface area contributed by atoms with Crippen LogP contribution in [0.2, 0.25) is 5.28 Å². The van der Waals surface area contributed by atoms with Crippen molar-refractivity contribution in [2.45, 2.75) is 0 Å². The van der Waals surface area contributed by atoms with Crippen molar-refractivity contribution < 1.29 is 8.62 Å². The van der Waals surface area contributed by atoms with E-state index in [0.717, 1.165) is 0 Å². The molecule has 0 N–H and O–H groups in total. The van der Waals surface area contributed by atoms with Gasteiger partial charge in [0.05, 0.1) is 5.39 Å². The van der Waals surface area contributed by atoms with Gasteiger partial charge in [0.1, 0.15) is 5.75 Å². The van der Waals surface area contributed by atoms with Crippen molar-refractivity contribution in [2.75, 3.05) is 0 Å².